The van der Waals surface area contributed by atoms with Crippen LogP contribution in [0.4, 0.5) is 0 Å². The van der Waals surface area contributed by atoms with E-state index in [0.29, 0.717) is 39.3 Å². The van der Waals surface area contributed by atoms with E-state index in [4.69, 9.17) is 0 Å². The van der Waals surface area contributed by atoms with Crippen molar-refractivity contribution in [2.24, 2.45) is 22.1 Å². The zero-order valence-electron chi connectivity index (χ0n) is 15.0. The molecule has 0 aromatic rings. The minimum Gasteiger partial charge on any atom is -0.341 e. The van der Waals surface area contributed by atoms with Crippen LogP contribution in [0.5, 0.6) is 0 Å². The molecule has 0 saturated heterocycles. The zero-order chi connectivity index (χ0) is 17.1. The van der Waals surface area contributed by atoms with Crippen LogP contribution in [0.25, 0.3) is 0 Å². The van der Waals surface area contributed by atoms with E-state index in [-0.39, 0.29) is 23.7 Å². The van der Waals surface area contributed by atoms with Crippen molar-refractivity contribution in [1.82, 2.24) is 9.80 Å². The lowest BCUT2D eigenvalue weighted by Crippen LogP contribution is -2.36. The Balaban J connectivity index is 4.09. The van der Waals surface area contributed by atoms with E-state index in [2.05, 4.69) is 10.2 Å². The van der Waals surface area contributed by atoms with Crippen LogP contribution in [0.3, 0.4) is 0 Å². The van der Waals surface area contributed by atoms with Crippen molar-refractivity contribution in [3.8, 4) is 0 Å². The van der Waals surface area contributed by atoms with Crippen LogP contribution in [0.1, 0.15) is 41.5 Å². The van der Waals surface area contributed by atoms with E-state index in [9.17, 15) is 9.59 Å². The summed E-state index contributed by atoms with van der Waals surface area (Å²) in [4.78, 5) is 27.3. The molecule has 0 N–H and O–H groups in total. The number of azo groups is 1. The SMILES string of the molecule is CCN(CCN=NCCN(CC)C(=O)C(C)C)C(=O)C(C)C. The van der Waals surface area contributed by atoms with Gasteiger partial charge in [-0.25, -0.2) is 0 Å². The van der Waals surface area contributed by atoms with E-state index < -0.39 is 0 Å². The Morgan fingerprint density at radius 2 is 1.09 bits per heavy atom. The highest BCUT2D eigenvalue weighted by Crippen LogP contribution is 2.02. The smallest absolute Gasteiger partial charge is 0.225 e. The Kier molecular flexibility index (Phi) is 10.4. The summed E-state index contributed by atoms with van der Waals surface area (Å²) in [6, 6.07) is 0. The lowest BCUT2D eigenvalue weighted by Gasteiger charge is -2.22. The van der Waals surface area contributed by atoms with E-state index in [1.807, 2.05) is 41.5 Å². The van der Waals surface area contributed by atoms with Gasteiger partial charge in [-0.2, -0.15) is 10.2 Å². The van der Waals surface area contributed by atoms with Crippen LogP contribution in [-0.2, 0) is 9.59 Å². The summed E-state index contributed by atoms with van der Waals surface area (Å²) < 4.78 is 0. The van der Waals surface area contributed by atoms with Crippen molar-refractivity contribution in [1.29, 1.82) is 0 Å². The topological polar surface area (TPSA) is 65.3 Å². The highest BCUT2D eigenvalue weighted by Gasteiger charge is 2.15. The number of carbonyl (C=O) groups is 2. The molecule has 0 aliphatic carbocycles. The number of rotatable bonds is 10. The van der Waals surface area contributed by atoms with Crippen molar-refractivity contribution in [2.45, 2.75) is 41.5 Å². The molecular formula is C16H32N4O2. The summed E-state index contributed by atoms with van der Waals surface area (Å²) in [6.45, 7) is 15.1. The van der Waals surface area contributed by atoms with Crippen molar-refractivity contribution in [2.75, 3.05) is 39.3 Å². The summed E-state index contributed by atoms with van der Waals surface area (Å²) in [5.41, 5.74) is 0. The molecule has 0 rings (SSSR count). The fourth-order valence-electron chi connectivity index (χ4n) is 2.05. The van der Waals surface area contributed by atoms with Crippen LogP contribution in [0.2, 0.25) is 0 Å². The molecule has 22 heavy (non-hydrogen) atoms. The predicted molar refractivity (Wildman–Crippen MR) is 88.8 cm³/mol. The summed E-state index contributed by atoms with van der Waals surface area (Å²) in [7, 11) is 0. The average molecular weight is 312 g/mol. The van der Waals surface area contributed by atoms with Crippen molar-refractivity contribution < 1.29 is 9.59 Å². The molecule has 128 valence electrons. The first-order valence-corrected chi connectivity index (χ1v) is 8.25. The van der Waals surface area contributed by atoms with E-state index in [0.717, 1.165) is 0 Å². The predicted octanol–water partition coefficient (Wildman–Crippen LogP) is 2.45. The number of hydrogen-bond donors (Lipinski definition) is 0. The van der Waals surface area contributed by atoms with Gasteiger partial charge in [-0.05, 0) is 13.8 Å². The van der Waals surface area contributed by atoms with Gasteiger partial charge in [-0.1, -0.05) is 27.7 Å². The molecular weight excluding hydrogens is 280 g/mol. The van der Waals surface area contributed by atoms with E-state index >= 15 is 0 Å². The summed E-state index contributed by atoms with van der Waals surface area (Å²) >= 11 is 0. The monoisotopic (exact) mass is 312 g/mol. The van der Waals surface area contributed by atoms with Gasteiger partial charge in [0.05, 0.1) is 13.1 Å². The largest absolute Gasteiger partial charge is 0.341 e. The van der Waals surface area contributed by atoms with Gasteiger partial charge in [0.1, 0.15) is 0 Å². The normalized spacial score (nSPS) is 11.5. The number of amides is 2. The van der Waals surface area contributed by atoms with Crippen LogP contribution >= 0.6 is 0 Å². The van der Waals surface area contributed by atoms with Crippen LogP contribution in [0, 0.1) is 11.8 Å². The lowest BCUT2D eigenvalue weighted by atomic mass is 10.2. The van der Waals surface area contributed by atoms with Gasteiger partial charge >= 0.3 is 0 Å². The number of carbonyl (C=O) groups excluding carboxylic acids is 2. The second-order valence-electron chi connectivity index (χ2n) is 5.88. The van der Waals surface area contributed by atoms with Crippen LogP contribution in [-0.4, -0.2) is 60.9 Å². The quantitative estimate of drug-likeness (QED) is 0.582. The van der Waals surface area contributed by atoms with Gasteiger partial charge in [0.15, 0.2) is 0 Å². The molecule has 0 bridgehead atoms. The Hall–Kier alpha value is -1.46. The third kappa shape index (κ3) is 7.52. The minimum absolute atomic E-state index is 0.0112. The van der Waals surface area contributed by atoms with Crippen LogP contribution < -0.4 is 0 Å². The first-order chi connectivity index (χ1) is 10.3. The maximum Gasteiger partial charge on any atom is 0.225 e. The Morgan fingerprint density at radius 1 is 0.773 bits per heavy atom. The molecule has 0 heterocycles. The number of nitrogens with zero attached hydrogens (tertiary/aromatic N) is 4. The molecule has 0 unspecified atom stereocenters. The third-order valence-electron chi connectivity index (χ3n) is 3.41. The standard InChI is InChI=1S/C16H32N4O2/c1-7-19(15(21)13(3)4)11-9-17-18-10-12-20(8-2)16(22)14(5)6/h13-14H,7-12H2,1-6H3. The summed E-state index contributed by atoms with van der Waals surface area (Å²) in [5, 5.41) is 8.21. The lowest BCUT2D eigenvalue weighted by molar-refractivity contribution is -0.134. The van der Waals surface area contributed by atoms with Gasteiger partial charge in [0.2, 0.25) is 11.8 Å². The molecule has 0 aromatic carbocycles. The summed E-state index contributed by atoms with van der Waals surface area (Å²) in [6.07, 6.45) is 0. The van der Waals surface area contributed by atoms with Gasteiger partial charge in [0.25, 0.3) is 0 Å². The highest BCUT2D eigenvalue weighted by molar-refractivity contribution is 5.78. The fraction of sp³-hybridized carbons (Fsp3) is 0.875. The van der Waals surface area contributed by atoms with Gasteiger partial charge in [0, 0.05) is 38.0 Å². The molecule has 0 aliphatic heterocycles. The molecule has 0 spiro atoms. The first-order valence-electron chi connectivity index (χ1n) is 8.25. The zero-order valence-corrected chi connectivity index (χ0v) is 15.0. The molecule has 2 amide bonds. The van der Waals surface area contributed by atoms with E-state index in [1.165, 1.54) is 0 Å². The Labute approximate surface area is 135 Å². The highest BCUT2D eigenvalue weighted by atomic mass is 16.2. The molecule has 0 atom stereocenters. The second kappa shape index (κ2) is 11.2. The molecule has 0 radical (unpaired) electrons. The number of hydrogen-bond acceptors (Lipinski definition) is 4. The molecule has 0 aromatic heterocycles. The third-order valence-corrected chi connectivity index (χ3v) is 3.41. The first kappa shape index (κ1) is 20.5. The molecule has 6 heteroatoms. The molecule has 0 aliphatic rings. The Morgan fingerprint density at radius 3 is 1.32 bits per heavy atom. The van der Waals surface area contributed by atoms with Crippen LogP contribution in [0.15, 0.2) is 10.2 Å². The average Bonchev–Trinajstić information content (AvgIpc) is 2.48. The van der Waals surface area contributed by atoms with Crippen molar-refractivity contribution in [3.05, 3.63) is 0 Å². The second-order valence-corrected chi connectivity index (χ2v) is 5.88. The number of likely N-dealkylation sites (N-methyl/N-ethyl adjacent to an activating group) is 2. The van der Waals surface area contributed by atoms with Crippen molar-refractivity contribution in [3.63, 3.8) is 0 Å². The van der Waals surface area contributed by atoms with Gasteiger partial charge in [-0.15, -0.1) is 0 Å². The molecule has 6 nitrogen and oxygen atoms in total. The molecule has 0 fully saturated rings. The Bertz CT molecular complexity index is 333. The van der Waals surface area contributed by atoms with E-state index in [1.54, 1.807) is 9.80 Å². The van der Waals surface area contributed by atoms with Crippen molar-refractivity contribution >= 4 is 11.8 Å². The van der Waals surface area contributed by atoms with Gasteiger partial charge in [-0.3, -0.25) is 9.59 Å². The maximum absolute atomic E-state index is 11.9. The molecule has 0 saturated carbocycles. The summed E-state index contributed by atoms with van der Waals surface area (Å²) in [5.74, 6) is 0.323. The van der Waals surface area contributed by atoms with Gasteiger partial charge < -0.3 is 9.80 Å². The maximum atomic E-state index is 11.9. The minimum atomic E-state index is 0.0112. The fourth-order valence-corrected chi connectivity index (χ4v) is 2.05.